The van der Waals surface area contributed by atoms with Gasteiger partial charge in [-0.25, -0.2) is 0 Å². The monoisotopic (exact) mass is 329 g/mol. The molecule has 0 saturated carbocycles. The zero-order valence-electron chi connectivity index (χ0n) is 14.1. The highest BCUT2D eigenvalue weighted by Crippen LogP contribution is 2.39. The summed E-state index contributed by atoms with van der Waals surface area (Å²) in [6.45, 7) is 0.757. The molecule has 128 valence electrons. The minimum Gasteiger partial charge on any atom is -0.493 e. The van der Waals surface area contributed by atoms with Crippen LogP contribution in [0.4, 0.5) is 0 Å². The summed E-state index contributed by atoms with van der Waals surface area (Å²) in [5.41, 5.74) is 2.35. The van der Waals surface area contributed by atoms with E-state index >= 15 is 0 Å². The number of carbonyl (C=O) groups is 1. The first-order valence-electron chi connectivity index (χ1n) is 8.23. The van der Waals surface area contributed by atoms with E-state index < -0.39 is 0 Å². The fraction of sp³-hybridized carbons (Fsp3) is 0.444. The molecule has 0 radical (unpaired) electrons. The first-order valence-corrected chi connectivity index (χ1v) is 8.23. The van der Waals surface area contributed by atoms with Crippen LogP contribution in [-0.4, -0.2) is 29.9 Å². The number of methoxy groups -OCH3 is 2. The Bertz CT molecular complexity index is 698. The summed E-state index contributed by atoms with van der Waals surface area (Å²) >= 11 is 0. The Balaban J connectivity index is 1.58. The SMILES string of the molecule is COc1cc2c(cc1OC)C(NC(=O)CCCn1cccn1)CC2. The Morgan fingerprint density at radius 2 is 2.12 bits per heavy atom. The fourth-order valence-electron chi connectivity index (χ4n) is 3.18. The van der Waals surface area contributed by atoms with Crippen LogP contribution in [0.2, 0.25) is 0 Å². The lowest BCUT2D eigenvalue weighted by atomic mass is 10.1. The van der Waals surface area contributed by atoms with Crippen LogP contribution < -0.4 is 14.8 Å². The smallest absolute Gasteiger partial charge is 0.220 e. The average Bonchev–Trinajstić information content (AvgIpc) is 3.23. The van der Waals surface area contributed by atoms with Gasteiger partial charge in [-0.2, -0.15) is 5.10 Å². The number of nitrogens with one attached hydrogen (secondary N) is 1. The van der Waals surface area contributed by atoms with Crippen molar-refractivity contribution in [3.8, 4) is 11.5 Å². The number of aryl methyl sites for hydroxylation is 2. The molecular formula is C18H23N3O3. The molecule has 24 heavy (non-hydrogen) atoms. The number of benzene rings is 1. The maximum Gasteiger partial charge on any atom is 0.220 e. The second kappa shape index (κ2) is 7.38. The molecule has 0 saturated heterocycles. The van der Waals surface area contributed by atoms with Gasteiger partial charge in [-0.3, -0.25) is 9.48 Å². The minimum atomic E-state index is 0.0528. The molecule has 2 aromatic rings. The number of nitrogens with zero attached hydrogens (tertiary/aromatic N) is 2. The molecule has 6 nitrogen and oxygen atoms in total. The third-order valence-electron chi connectivity index (χ3n) is 4.41. The van der Waals surface area contributed by atoms with Crippen molar-refractivity contribution in [2.24, 2.45) is 0 Å². The molecular weight excluding hydrogens is 306 g/mol. The highest BCUT2D eigenvalue weighted by molar-refractivity contribution is 5.76. The molecule has 6 heteroatoms. The Morgan fingerprint density at radius 3 is 2.83 bits per heavy atom. The Labute approximate surface area is 141 Å². The lowest BCUT2D eigenvalue weighted by Gasteiger charge is -2.16. The molecule has 1 aliphatic rings. The summed E-state index contributed by atoms with van der Waals surface area (Å²) in [6.07, 6.45) is 6.78. The summed E-state index contributed by atoms with van der Waals surface area (Å²) in [6, 6.07) is 5.93. The van der Waals surface area contributed by atoms with Gasteiger partial charge in [0.05, 0.1) is 20.3 Å². The van der Waals surface area contributed by atoms with E-state index in [1.165, 1.54) is 5.56 Å². The molecule has 1 N–H and O–H groups in total. The normalized spacial score (nSPS) is 15.8. The Hall–Kier alpha value is -2.50. The number of fused-ring (bicyclic) bond motifs is 1. The van der Waals surface area contributed by atoms with Gasteiger partial charge in [0.2, 0.25) is 5.91 Å². The van der Waals surface area contributed by atoms with Crippen LogP contribution >= 0.6 is 0 Å². The molecule has 1 amide bonds. The lowest BCUT2D eigenvalue weighted by molar-refractivity contribution is -0.122. The number of hydrogen-bond acceptors (Lipinski definition) is 4. The summed E-state index contributed by atoms with van der Waals surface area (Å²) < 4.78 is 12.6. The fourth-order valence-corrected chi connectivity index (χ4v) is 3.18. The average molecular weight is 329 g/mol. The van der Waals surface area contributed by atoms with E-state index in [4.69, 9.17) is 9.47 Å². The van der Waals surface area contributed by atoms with Crippen molar-refractivity contribution in [2.45, 2.75) is 38.3 Å². The second-order valence-corrected chi connectivity index (χ2v) is 5.94. The number of amides is 1. The molecule has 1 unspecified atom stereocenters. The maximum absolute atomic E-state index is 12.2. The molecule has 1 aromatic heterocycles. The van der Waals surface area contributed by atoms with E-state index in [0.29, 0.717) is 12.2 Å². The zero-order chi connectivity index (χ0) is 16.9. The number of aromatic nitrogens is 2. The molecule has 1 heterocycles. The van der Waals surface area contributed by atoms with Gasteiger partial charge in [-0.05, 0) is 48.6 Å². The van der Waals surface area contributed by atoms with Crippen molar-refractivity contribution >= 4 is 5.91 Å². The summed E-state index contributed by atoms with van der Waals surface area (Å²) in [7, 11) is 3.26. The van der Waals surface area contributed by atoms with Crippen molar-refractivity contribution < 1.29 is 14.3 Å². The first kappa shape index (κ1) is 16.4. The minimum absolute atomic E-state index is 0.0528. The van der Waals surface area contributed by atoms with Crippen LogP contribution in [0.1, 0.15) is 36.4 Å². The third kappa shape index (κ3) is 3.53. The summed E-state index contributed by atoms with van der Waals surface area (Å²) in [5.74, 6) is 1.52. The molecule has 1 aliphatic carbocycles. The van der Waals surface area contributed by atoms with E-state index in [-0.39, 0.29) is 11.9 Å². The Kier molecular flexibility index (Phi) is 5.03. The number of hydrogen-bond donors (Lipinski definition) is 1. The summed E-state index contributed by atoms with van der Waals surface area (Å²) in [5, 5.41) is 7.28. The van der Waals surface area contributed by atoms with E-state index in [1.54, 1.807) is 20.4 Å². The first-order chi connectivity index (χ1) is 11.7. The molecule has 0 spiro atoms. The Morgan fingerprint density at radius 1 is 1.33 bits per heavy atom. The van der Waals surface area contributed by atoms with Crippen molar-refractivity contribution in [1.82, 2.24) is 15.1 Å². The van der Waals surface area contributed by atoms with E-state index in [0.717, 1.165) is 37.1 Å². The van der Waals surface area contributed by atoms with Gasteiger partial charge in [0.1, 0.15) is 0 Å². The van der Waals surface area contributed by atoms with Crippen LogP contribution in [0.5, 0.6) is 11.5 Å². The van der Waals surface area contributed by atoms with Gasteiger partial charge >= 0.3 is 0 Å². The predicted octanol–water partition coefficient (Wildman–Crippen LogP) is 2.48. The van der Waals surface area contributed by atoms with Gasteiger partial charge in [0.15, 0.2) is 11.5 Å². The van der Waals surface area contributed by atoms with Crippen LogP contribution in [-0.2, 0) is 17.8 Å². The van der Waals surface area contributed by atoms with Crippen LogP contribution in [0, 0.1) is 0 Å². The molecule has 0 bridgehead atoms. The number of rotatable bonds is 7. The van der Waals surface area contributed by atoms with E-state index in [1.807, 2.05) is 29.1 Å². The second-order valence-electron chi connectivity index (χ2n) is 5.94. The van der Waals surface area contributed by atoms with Crippen molar-refractivity contribution in [3.63, 3.8) is 0 Å². The summed E-state index contributed by atoms with van der Waals surface area (Å²) in [4.78, 5) is 12.2. The maximum atomic E-state index is 12.2. The molecule has 1 aromatic carbocycles. The lowest BCUT2D eigenvalue weighted by Crippen LogP contribution is -2.27. The van der Waals surface area contributed by atoms with Crippen LogP contribution in [0.3, 0.4) is 0 Å². The highest BCUT2D eigenvalue weighted by Gasteiger charge is 2.26. The highest BCUT2D eigenvalue weighted by atomic mass is 16.5. The zero-order valence-corrected chi connectivity index (χ0v) is 14.1. The molecule has 0 aliphatic heterocycles. The van der Waals surface area contributed by atoms with Gasteiger partial charge < -0.3 is 14.8 Å². The standard InChI is InChI=1S/C18H23N3O3/c1-23-16-11-13-6-7-15(14(13)12-17(16)24-2)20-18(22)5-3-9-21-10-4-8-19-21/h4,8,10-12,15H,3,5-7,9H2,1-2H3,(H,20,22). The number of carbonyl (C=O) groups excluding carboxylic acids is 1. The molecule has 0 fully saturated rings. The van der Waals surface area contributed by atoms with Gasteiger partial charge in [0.25, 0.3) is 0 Å². The van der Waals surface area contributed by atoms with Crippen molar-refractivity contribution in [3.05, 3.63) is 41.7 Å². The topological polar surface area (TPSA) is 65.4 Å². The van der Waals surface area contributed by atoms with E-state index in [9.17, 15) is 4.79 Å². The van der Waals surface area contributed by atoms with Gasteiger partial charge in [0, 0.05) is 25.4 Å². The predicted molar refractivity (Wildman–Crippen MR) is 90.2 cm³/mol. The quantitative estimate of drug-likeness (QED) is 0.847. The number of ether oxygens (including phenoxy) is 2. The van der Waals surface area contributed by atoms with Crippen molar-refractivity contribution in [1.29, 1.82) is 0 Å². The molecule has 1 atom stereocenters. The third-order valence-corrected chi connectivity index (χ3v) is 4.41. The largest absolute Gasteiger partial charge is 0.493 e. The van der Waals surface area contributed by atoms with Crippen molar-refractivity contribution in [2.75, 3.05) is 14.2 Å². The van der Waals surface area contributed by atoms with Gasteiger partial charge in [-0.1, -0.05) is 0 Å². The molecule has 3 rings (SSSR count). The van der Waals surface area contributed by atoms with Gasteiger partial charge in [-0.15, -0.1) is 0 Å². The van der Waals surface area contributed by atoms with Crippen LogP contribution in [0.15, 0.2) is 30.6 Å². The van der Waals surface area contributed by atoms with Crippen LogP contribution in [0.25, 0.3) is 0 Å². The van der Waals surface area contributed by atoms with E-state index in [2.05, 4.69) is 10.4 Å².